The summed E-state index contributed by atoms with van der Waals surface area (Å²) in [4.78, 5) is 4.74. The van der Waals surface area contributed by atoms with Crippen LogP contribution in [0.5, 0.6) is 0 Å². The minimum absolute atomic E-state index is 0.531. The lowest BCUT2D eigenvalue weighted by Crippen LogP contribution is -2.27. The van der Waals surface area contributed by atoms with Gasteiger partial charge in [-0.25, -0.2) is 13.4 Å². The topological polar surface area (TPSA) is 62.3 Å². The van der Waals surface area contributed by atoms with E-state index in [0.29, 0.717) is 12.6 Å². The first-order valence-electron chi connectivity index (χ1n) is 8.84. The Morgan fingerprint density at radius 2 is 2.04 bits per heavy atom. The third kappa shape index (κ3) is 3.53. The largest absolute Gasteiger partial charge is 0.359 e. The molecule has 1 saturated carbocycles. The summed E-state index contributed by atoms with van der Waals surface area (Å²) in [6, 6.07) is 6.52. The fourth-order valence-electron chi connectivity index (χ4n) is 3.77. The summed E-state index contributed by atoms with van der Waals surface area (Å²) in [5.74, 6) is 0. The van der Waals surface area contributed by atoms with Crippen LogP contribution in [-0.4, -0.2) is 32.2 Å². The molecule has 2 aliphatic rings. The van der Waals surface area contributed by atoms with Crippen molar-refractivity contribution in [2.75, 3.05) is 22.4 Å². The Hall–Kier alpha value is -1.60. The zero-order chi connectivity index (χ0) is 17.4. The van der Waals surface area contributed by atoms with Gasteiger partial charge in [0.1, 0.15) is 0 Å². The Labute approximate surface area is 153 Å². The van der Waals surface area contributed by atoms with E-state index >= 15 is 0 Å². The van der Waals surface area contributed by atoms with Crippen LogP contribution in [0.3, 0.4) is 0 Å². The number of anilines is 2. The van der Waals surface area contributed by atoms with Crippen LogP contribution in [-0.2, 0) is 16.4 Å². The van der Waals surface area contributed by atoms with E-state index in [1.807, 2.05) is 12.1 Å². The van der Waals surface area contributed by atoms with Crippen molar-refractivity contribution in [2.45, 2.75) is 44.6 Å². The third-order valence-corrected chi connectivity index (χ3v) is 7.02. The zero-order valence-electron chi connectivity index (χ0n) is 14.4. The molecule has 25 heavy (non-hydrogen) atoms. The van der Waals surface area contributed by atoms with E-state index in [9.17, 15) is 8.42 Å². The van der Waals surface area contributed by atoms with Crippen molar-refractivity contribution in [1.29, 1.82) is 0 Å². The molecule has 0 spiro atoms. The van der Waals surface area contributed by atoms with E-state index in [1.54, 1.807) is 11.3 Å². The van der Waals surface area contributed by atoms with Crippen LogP contribution in [0.1, 0.15) is 37.7 Å². The lowest BCUT2D eigenvalue weighted by atomic mass is 9.96. The van der Waals surface area contributed by atoms with Gasteiger partial charge in [0.15, 0.2) is 5.13 Å². The van der Waals surface area contributed by atoms with Crippen LogP contribution in [0.4, 0.5) is 10.8 Å². The molecule has 2 aromatic rings. The molecule has 1 aromatic heterocycles. The molecule has 0 saturated heterocycles. The molecular weight excluding hydrogens is 354 g/mol. The third-order valence-electron chi connectivity index (χ3n) is 5.07. The molecule has 1 aliphatic heterocycles. The van der Waals surface area contributed by atoms with E-state index in [-0.39, 0.29) is 0 Å². The van der Waals surface area contributed by atoms with E-state index in [0.717, 1.165) is 34.1 Å². The molecule has 4 rings (SSSR count). The first-order valence-corrected chi connectivity index (χ1v) is 11.6. The molecule has 1 aromatic carbocycles. The number of nitrogens with zero attached hydrogens (tertiary/aromatic N) is 2. The molecule has 0 atom stereocenters. The number of thiazole rings is 1. The first-order chi connectivity index (χ1) is 12.0. The average molecular weight is 378 g/mol. The maximum atomic E-state index is 11.9. The molecule has 1 fully saturated rings. The fourth-order valence-corrected chi connectivity index (χ4v) is 5.53. The number of benzene rings is 1. The van der Waals surface area contributed by atoms with Crippen LogP contribution >= 0.6 is 11.3 Å². The predicted octanol–water partition coefficient (Wildman–Crippen LogP) is 3.88. The smallest absolute Gasteiger partial charge is 0.232 e. The number of fused-ring (bicyclic) bond motifs is 1. The normalized spacial score (nSPS) is 18.4. The summed E-state index contributed by atoms with van der Waals surface area (Å²) in [6.45, 7) is 0.531. The number of hydrogen-bond acceptors (Lipinski definition) is 5. The summed E-state index contributed by atoms with van der Waals surface area (Å²) in [6.07, 6.45) is 8.44. The Morgan fingerprint density at radius 1 is 1.24 bits per heavy atom. The molecule has 0 bridgehead atoms. The SMILES string of the molecule is CS(=O)(=O)N1CCc2cc(-c3csc(NC4CCCCC4)n3)ccc21. The highest BCUT2D eigenvalue weighted by molar-refractivity contribution is 7.92. The fraction of sp³-hybridized carbons (Fsp3) is 0.500. The maximum absolute atomic E-state index is 11.9. The molecule has 7 heteroatoms. The Morgan fingerprint density at radius 3 is 2.80 bits per heavy atom. The van der Waals surface area contributed by atoms with Gasteiger partial charge < -0.3 is 5.32 Å². The molecule has 0 amide bonds. The van der Waals surface area contributed by atoms with Gasteiger partial charge in [0.2, 0.25) is 10.0 Å². The molecule has 1 N–H and O–H groups in total. The van der Waals surface area contributed by atoms with Gasteiger partial charge in [0.25, 0.3) is 0 Å². The standard InChI is InChI=1S/C18H23N3O2S2/c1-25(22,23)21-10-9-14-11-13(7-8-17(14)21)16-12-24-18(20-16)19-15-5-3-2-4-6-15/h7-8,11-12,15H,2-6,9-10H2,1H3,(H,19,20). The highest BCUT2D eigenvalue weighted by Crippen LogP contribution is 2.35. The van der Waals surface area contributed by atoms with Crippen LogP contribution < -0.4 is 9.62 Å². The summed E-state index contributed by atoms with van der Waals surface area (Å²) in [5.41, 5.74) is 3.91. The molecule has 2 heterocycles. The first kappa shape index (κ1) is 16.8. The van der Waals surface area contributed by atoms with Gasteiger partial charge in [-0.2, -0.15) is 0 Å². The molecule has 0 unspecified atom stereocenters. The Bertz CT molecular complexity index is 870. The van der Waals surface area contributed by atoms with Crippen LogP contribution in [0.2, 0.25) is 0 Å². The van der Waals surface area contributed by atoms with Gasteiger partial charge in [-0.1, -0.05) is 25.3 Å². The second-order valence-corrected chi connectivity index (χ2v) is 9.71. The zero-order valence-corrected chi connectivity index (χ0v) is 16.0. The molecule has 134 valence electrons. The molecular formula is C18H23N3O2S2. The number of sulfonamides is 1. The van der Waals surface area contributed by atoms with Crippen molar-refractivity contribution in [2.24, 2.45) is 0 Å². The Kier molecular flexibility index (Phi) is 4.45. The minimum Gasteiger partial charge on any atom is -0.359 e. The molecule has 0 radical (unpaired) electrons. The monoisotopic (exact) mass is 377 g/mol. The van der Waals surface area contributed by atoms with Crippen molar-refractivity contribution in [3.8, 4) is 11.3 Å². The molecule has 5 nitrogen and oxygen atoms in total. The second-order valence-electron chi connectivity index (χ2n) is 6.95. The van der Waals surface area contributed by atoms with Crippen molar-refractivity contribution >= 4 is 32.2 Å². The number of rotatable bonds is 4. The second kappa shape index (κ2) is 6.61. The summed E-state index contributed by atoms with van der Waals surface area (Å²) < 4.78 is 25.2. The van der Waals surface area contributed by atoms with Gasteiger partial charge in [0.05, 0.1) is 17.6 Å². The predicted molar refractivity (Wildman–Crippen MR) is 104 cm³/mol. The van der Waals surface area contributed by atoms with Gasteiger partial charge in [-0.15, -0.1) is 11.3 Å². The van der Waals surface area contributed by atoms with Crippen molar-refractivity contribution in [3.05, 3.63) is 29.1 Å². The van der Waals surface area contributed by atoms with Gasteiger partial charge >= 0.3 is 0 Å². The van der Waals surface area contributed by atoms with E-state index in [2.05, 4.69) is 16.8 Å². The van der Waals surface area contributed by atoms with Crippen LogP contribution in [0.15, 0.2) is 23.6 Å². The number of aromatic nitrogens is 1. The summed E-state index contributed by atoms with van der Waals surface area (Å²) in [5, 5.41) is 6.64. The van der Waals surface area contributed by atoms with Gasteiger partial charge in [0, 0.05) is 23.5 Å². The number of hydrogen-bond donors (Lipinski definition) is 1. The van der Waals surface area contributed by atoms with Crippen LogP contribution in [0.25, 0.3) is 11.3 Å². The van der Waals surface area contributed by atoms with Gasteiger partial charge in [-0.3, -0.25) is 4.31 Å². The minimum atomic E-state index is -3.20. The van der Waals surface area contributed by atoms with Crippen molar-refractivity contribution < 1.29 is 8.42 Å². The lowest BCUT2D eigenvalue weighted by Gasteiger charge is -2.22. The molecule has 1 aliphatic carbocycles. The van der Waals surface area contributed by atoms with E-state index in [1.165, 1.54) is 42.7 Å². The van der Waals surface area contributed by atoms with E-state index < -0.39 is 10.0 Å². The summed E-state index contributed by atoms with van der Waals surface area (Å²) in [7, 11) is -3.20. The highest BCUT2D eigenvalue weighted by atomic mass is 32.2. The average Bonchev–Trinajstić information content (AvgIpc) is 3.21. The number of nitrogens with one attached hydrogen (secondary N) is 1. The van der Waals surface area contributed by atoms with Crippen molar-refractivity contribution in [3.63, 3.8) is 0 Å². The maximum Gasteiger partial charge on any atom is 0.232 e. The van der Waals surface area contributed by atoms with E-state index in [4.69, 9.17) is 4.98 Å². The highest BCUT2D eigenvalue weighted by Gasteiger charge is 2.26. The summed E-state index contributed by atoms with van der Waals surface area (Å²) >= 11 is 1.65. The quantitative estimate of drug-likeness (QED) is 0.878. The van der Waals surface area contributed by atoms with Crippen molar-refractivity contribution in [1.82, 2.24) is 4.98 Å². The Balaban J connectivity index is 1.53. The van der Waals surface area contributed by atoms with Crippen LogP contribution in [0, 0.1) is 0 Å². The lowest BCUT2D eigenvalue weighted by molar-refractivity contribution is 0.462. The van der Waals surface area contributed by atoms with Gasteiger partial charge in [-0.05, 0) is 37.0 Å².